The smallest absolute Gasteiger partial charge is 0.417 e. The summed E-state index contributed by atoms with van der Waals surface area (Å²) in [7, 11) is 1.64. The van der Waals surface area contributed by atoms with E-state index >= 15 is 0 Å². The number of nitrogens with zero attached hydrogens (tertiary/aromatic N) is 4. The number of benzene rings is 2. The lowest BCUT2D eigenvalue weighted by Gasteiger charge is -2.11. The van der Waals surface area contributed by atoms with Crippen LogP contribution in [0.3, 0.4) is 0 Å². The number of ether oxygens (including phenoxy) is 1. The summed E-state index contributed by atoms with van der Waals surface area (Å²) in [6, 6.07) is 9.99. The molecule has 0 fully saturated rings. The fourth-order valence-electron chi connectivity index (χ4n) is 3.09. The first-order valence-corrected chi connectivity index (χ1v) is 10.7. The van der Waals surface area contributed by atoms with Crippen LogP contribution in [0, 0.1) is 5.82 Å². The molecule has 0 N–H and O–H groups in total. The number of rotatable bonds is 5. The molecule has 0 saturated heterocycles. The van der Waals surface area contributed by atoms with Crippen LogP contribution < -0.4 is 4.74 Å². The topological polar surface area (TPSA) is 52.8 Å². The number of pyridine rings is 1. The first-order valence-electron chi connectivity index (χ1n) is 9.54. The molecule has 12 heteroatoms. The second-order valence-electron chi connectivity index (χ2n) is 7.08. The average molecular weight is 532 g/mol. The third kappa shape index (κ3) is 4.96. The summed E-state index contributed by atoms with van der Waals surface area (Å²) in [5.74, 6) is -0.177. The van der Waals surface area contributed by atoms with Crippen molar-refractivity contribution in [3.8, 4) is 28.7 Å². The van der Waals surface area contributed by atoms with Gasteiger partial charge in [0.25, 0.3) is 0 Å². The number of aryl methyl sites for hydroxylation is 1. The molecule has 0 amide bonds. The van der Waals surface area contributed by atoms with Crippen molar-refractivity contribution in [3.05, 3.63) is 80.7 Å². The van der Waals surface area contributed by atoms with Crippen LogP contribution in [0.5, 0.6) is 5.88 Å². The highest BCUT2D eigenvalue weighted by Gasteiger charge is 2.31. The predicted molar refractivity (Wildman–Crippen MR) is 120 cm³/mol. The lowest BCUT2D eigenvalue weighted by molar-refractivity contribution is -0.137. The van der Waals surface area contributed by atoms with Crippen molar-refractivity contribution in [2.45, 2.75) is 12.8 Å². The Morgan fingerprint density at radius 2 is 1.76 bits per heavy atom. The lowest BCUT2D eigenvalue weighted by atomic mass is 10.1. The van der Waals surface area contributed by atoms with Gasteiger partial charge in [-0.3, -0.25) is 0 Å². The summed E-state index contributed by atoms with van der Waals surface area (Å²) in [5, 5.41) is 4.45. The van der Waals surface area contributed by atoms with E-state index < -0.39 is 17.6 Å². The van der Waals surface area contributed by atoms with Crippen molar-refractivity contribution in [1.29, 1.82) is 0 Å². The van der Waals surface area contributed by atoms with Crippen LogP contribution in [0.4, 0.5) is 17.6 Å². The largest absolute Gasteiger partial charge is 0.472 e. The van der Waals surface area contributed by atoms with Crippen LogP contribution >= 0.6 is 34.8 Å². The minimum absolute atomic E-state index is 0.0862. The molecule has 34 heavy (non-hydrogen) atoms. The van der Waals surface area contributed by atoms with E-state index in [9.17, 15) is 17.6 Å². The molecule has 176 valence electrons. The van der Waals surface area contributed by atoms with Gasteiger partial charge in [0, 0.05) is 29.4 Å². The SMILES string of the molecule is Cn1nc(-c2c(F)cccc2Cl)nc1-c1ccc(COc2ncc(C(F)(F)F)cc2Cl)c(Cl)c1. The average Bonchev–Trinajstić information content (AvgIpc) is 3.13. The van der Waals surface area contributed by atoms with Gasteiger partial charge in [-0.1, -0.05) is 53.0 Å². The lowest BCUT2D eigenvalue weighted by Crippen LogP contribution is -2.06. The number of alkyl halides is 3. The summed E-state index contributed by atoms with van der Waals surface area (Å²) < 4.78 is 59.4. The fraction of sp³-hybridized carbons (Fsp3) is 0.136. The normalized spacial score (nSPS) is 11.6. The van der Waals surface area contributed by atoms with E-state index in [0.29, 0.717) is 28.2 Å². The summed E-state index contributed by atoms with van der Waals surface area (Å²) in [6.45, 7) is -0.0912. The van der Waals surface area contributed by atoms with E-state index in [-0.39, 0.29) is 33.9 Å². The molecule has 4 rings (SSSR count). The van der Waals surface area contributed by atoms with Crippen molar-refractivity contribution >= 4 is 34.8 Å². The number of aromatic nitrogens is 4. The summed E-state index contributed by atoms with van der Waals surface area (Å²) >= 11 is 18.4. The molecular weight excluding hydrogens is 519 g/mol. The van der Waals surface area contributed by atoms with Crippen LogP contribution in [0.2, 0.25) is 15.1 Å². The van der Waals surface area contributed by atoms with Crippen LogP contribution in [-0.2, 0) is 19.8 Å². The Bertz CT molecular complexity index is 1350. The molecule has 5 nitrogen and oxygen atoms in total. The Hall–Kier alpha value is -2.88. The van der Waals surface area contributed by atoms with Gasteiger partial charge in [-0.05, 0) is 24.3 Å². The van der Waals surface area contributed by atoms with Crippen molar-refractivity contribution in [1.82, 2.24) is 19.7 Å². The number of hydrogen-bond acceptors (Lipinski definition) is 4. The molecule has 2 heterocycles. The zero-order chi connectivity index (χ0) is 24.6. The zero-order valence-corrected chi connectivity index (χ0v) is 19.4. The summed E-state index contributed by atoms with van der Waals surface area (Å²) in [6.07, 6.45) is -3.93. The first-order chi connectivity index (χ1) is 16.0. The van der Waals surface area contributed by atoms with Gasteiger partial charge in [-0.25, -0.2) is 19.0 Å². The Labute approximate surface area is 205 Å². The molecule has 0 radical (unpaired) electrons. The molecule has 4 aromatic rings. The minimum Gasteiger partial charge on any atom is -0.472 e. The van der Waals surface area contributed by atoms with E-state index in [1.807, 2.05) is 0 Å². The molecule has 0 bridgehead atoms. The summed E-state index contributed by atoms with van der Waals surface area (Å²) in [5.41, 5.74) is 0.228. The molecule has 0 spiro atoms. The van der Waals surface area contributed by atoms with Crippen molar-refractivity contribution in [3.63, 3.8) is 0 Å². The summed E-state index contributed by atoms with van der Waals surface area (Å²) in [4.78, 5) is 8.03. The quantitative estimate of drug-likeness (QED) is 0.255. The van der Waals surface area contributed by atoms with E-state index in [1.165, 1.54) is 16.8 Å². The molecular formula is C22H13Cl3F4N4O. The van der Waals surface area contributed by atoms with Gasteiger partial charge in [-0.2, -0.15) is 18.3 Å². The van der Waals surface area contributed by atoms with Gasteiger partial charge < -0.3 is 4.74 Å². The number of halogens is 7. The van der Waals surface area contributed by atoms with Crippen molar-refractivity contribution in [2.75, 3.05) is 0 Å². The van der Waals surface area contributed by atoms with Crippen LogP contribution in [0.15, 0.2) is 48.7 Å². The molecule has 0 unspecified atom stereocenters. The third-order valence-corrected chi connectivity index (χ3v) is 5.70. The highest BCUT2D eigenvalue weighted by molar-refractivity contribution is 6.33. The van der Waals surface area contributed by atoms with Gasteiger partial charge in [0.05, 0.1) is 16.1 Å². The zero-order valence-electron chi connectivity index (χ0n) is 17.2. The Balaban J connectivity index is 1.55. The van der Waals surface area contributed by atoms with E-state index in [4.69, 9.17) is 39.5 Å². The Kier molecular flexibility index (Phi) is 6.71. The second-order valence-corrected chi connectivity index (χ2v) is 8.30. The maximum atomic E-state index is 14.3. The highest BCUT2D eigenvalue weighted by atomic mass is 35.5. The minimum atomic E-state index is -4.56. The van der Waals surface area contributed by atoms with Crippen LogP contribution in [0.1, 0.15) is 11.1 Å². The molecule has 0 aliphatic heterocycles. The van der Waals surface area contributed by atoms with Crippen molar-refractivity contribution < 1.29 is 22.3 Å². The maximum Gasteiger partial charge on any atom is 0.417 e. The fourth-order valence-corrected chi connectivity index (χ4v) is 3.79. The Morgan fingerprint density at radius 1 is 1.00 bits per heavy atom. The van der Waals surface area contributed by atoms with Gasteiger partial charge in [-0.15, -0.1) is 0 Å². The molecule has 2 aromatic carbocycles. The Morgan fingerprint density at radius 3 is 2.41 bits per heavy atom. The van der Waals surface area contributed by atoms with Gasteiger partial charge in [0.2, 0.25) is 5.88 Å². The maximum absolute atomic E-state index is 14.3. The van der Waals surface area contributed by atoms with E-state index in [1.54, 1.807) is 31.3 Å². The monoisotopic (exact) mass is 530 g/mol. The third-order valence-electron chi connectivity index (χ3n) is 4.76. The molecule has 0 atom stereocenters. The van der Waals surface area contributed by atoms with E-state index in [2.05, 4.69) is 15.1 Å². The van der Waals surface area contributed by atoms with Gasteiger partial charge in [0.15, 0.2) is 11.6 Å². The number of hydrogen-bond donors (Lipinski definition) is 0. The van der Waals surface area contributed by atoms with E-state index in [0.717, 1.165) is 6.07 Å². The standard InChI is InChI=1S/C22H13Cl3F4N4O/c1-33-20(31-19(32-33)18-14(23)3-2-4-17(18)26)11-5-6-12(15(24)7-11)10-34-21-16(25)8-13(9-30-21)22(27,28)29/h2-9H,10H2,1H3. The first kappa shape index (κ1) is 24.3. The van der Waals surface area contributed by atoms with Crippen molar-refractivity contribution in [2.24, 2.45) is 7.05 Å². The molecule has 2 aromatic heterocycles. The van der Waals surface area contributed by atoms with Gasteiger partial charge in [0.1, 0.15) is 17.4 Å². The molecule has 0 saturated carbocycles. The molecule has 0 aliphatic rings. The molecule has 0 aliphatic carbocycles. The van der Waals surface area contributed by atoms with Crippen LogP contribution in [-0.4, -0.2) is 19.7 Å². The second kappa shape index (κ2) is 9.40. The van der Waals surface area contributed by atoms with Crippen LogP contribution in [0.25, 0.3) is 22.8 Å². The predicted octanol–water partition coefficient (Wildman–Crippen LogP) is 7.24. The highest BCUT2D eigenvalue weighted by Crippen LogP contribution is 2.34. The van der Waals surface area contributed by atoms with Gasteiger partial charge >= 0.3 is 6.18 Å².